The third-order valence-corrected chi connectivity index (χ3v) is 5.22. The van der Waals surface area contributed by atoms with Gasteiger partial charge in [0.05, 0.1) is 11.5 Å². The van der Waals surface area contributed by atoms with Crippen LogP contribution in [0.1, 0.15) is 31.7 Å². The Balaban J connectivity index is 1.78. The molecule has 2 atom stereocenters. The maximum absolute atomic E-state index is 12.9. The summed E-state index contributed by atoms with van der Waals surface area (Å²) >= 11 is 0. The predicted octanol–water partition coefficient (Wildman–Crippen LogP) is 3.19. The maximum Gasteiger partial charge on any atom is 0.262 e. The number of hydrogen-bond donors (Lipinski definition) is 3. The first-order chi connectivity index (χ1) is 13.5. The number of nitrogens with one attached hydrogen (secondary N) is 2. The Morgan fingerprint density at radius 2 is 2.11 bits per heavy atom. The minimum atomic E-state index is -0.297. The average molecular weight is 379 g/mol. The Kier molecular flexibility index (Phi) is 5.00. The van der Waals surface area contributed by atoms with Crippen LogP contribution in [0.15, 0.2) is 41.5 Å². The summed E-state index contributed by atoms with van der Waals surface area (Å²) in [4.78, 5) is 22.0. The molecule has 3 aromatic rings. The zero-order chi connectivity index (χ0) is 19.7. The third-order valence-electron chi connectivity index (χ3n) is 5.22. The van der Waals surface area contributed by atoms with Crippen LogP contribution in [0.5, 0.6) is 0 Å². The SMILES string of the molecule is CCn1ccc2cc(Nc3cc(C)ccn3)nc(NC3CCC(O)C3)c2c1=O. The van der Waals surface area contributed by atoms with Crippen LogP contribution in [0, 0.1) is 6.92 Å². The molecule has 1 saturated carbocycles. The van der Waals surface area contributed by atoms with Gasteiger partial charge in [-0.25, -0.2) is 9.97 Å². The number of nitrogens with zero attached hydrogens (tertiary/aromatic N) is 3. The van der Waals surface area contributed by atoms with Crippen molar-refractivity contribution in [3.63, 3.8) is 0 Å². The fourth-order valence-electron chi connectivity index (χ4n) is 3.74. The number of pyridine rings is 3. The molecule has 146 valence electrons. The maximum atomic E-state index is 12.9. The Hall–Kier alpha value is -2.93. The second kappa shape index (κ2) is 7.59. The van der Waals surface area contributed by atoms with Crippen molar-refractivity contribution >= 4 is 28.2 Å². The van der Waals surface area contributed by atoms with Gasteiger partial charge in [-0.15, -0.1) is 0 Å². The van der Waals surface area contributed by atoms with Crippen molar-refractivity contribution in [1.82, 2.24) is 14.5 Å². The van der Waals surface area contributed by atoms with Gasteiger partial charge in [-0.05, 0) is 68.3 Å². The van der Waals surface area contributed by atoms with Gasteiger partial charge in [-0.1, -0.05) is 0 Å². The molecular weight excluding hydrogens is 354 g/mol. The summed E-state index contributed by atoms with van der Waals surface area (Å²) in [7, 11) is 0. The zero-order valence-electron chi connectivity index (χ0n) is 16.1. The van der Waals surface area contributed by atoms with Crippen LogP contribution in [-0.2, 0) is 6.54 Å². The van der Waals surface area contributed by atoms with E-state index >= 15 is 0 Å². The highest BCUT2D eigenvalue weighted by Crippen LogP contribution is 2.28. The Bertz CT molecular complexity index is 1060. The number of fused-ring (bicyclic) bond motifs is 1. The van der Waals surface area contributed by atoms with E-state index in [1.54, 1.807) is 10.8 Å². The normalized spacial score (nSPS) is 19.1. The molecule has 4 rings (SSSR count). The van der Waals surface area contributed by atoms with E-state index < -0.39 is 0 Å². The van der Waals surface area contributed by atoms with Gasteiger partial charge >= 0.3 is 0 Å². The topological polar surface area (TPSA) is 92.1 Å². The van der Waals surface area contributed by atoms with Crippen LogP contribution in [0.4, 0.5) is 17.5 Å². The quantitative estimate of drug-likeness (QED) is 0.631. The monoisotopic (exact) mass is 379 g/mol. The minimum Gasteiger partial charge on any atom is -0.393 e. The highest BCUT2D eigenvalue weighted by molar-refractivity contribution is 5.93. The van der Waals surface area contributed by atoms with E-state index in [0.29, 0.717) is 35.8 Å². The predicted molar refractivity (Wildman–Crippen MR) is 111 cm³/mol. The second-order valence-corrected chi connectivity index (χ2v) is 7.38. The highest BCUT2D eigenvalue weighted by Gasteiger charge is 2.24. The molecule has 0 amide bonds. The number of aliphatic hydroxyl groups excluding tert-OH is 1. The van der Waals surface area contributed by atoms with Gasteiger partial charge in [0, 0.05) is 25.0 Å². The molecular formula is C21H25N5O2. The van der Waals surface area contributed by atoms with Crippen LogP contribution in [0.3, 0.4) is 0 Å². The lowest BCUT2D eigenvalue weighted by Gasteiger charge is -2.17. The summed E-state index contributed by atoms with van der Waals surface area (Å²) in [6.07, 6.45) is 5.54. The number of hydrogen-bond acceptors (Lipinski definition) is 6. The van der Waals surface area contributed by atoms with E-state index in [0.717, 1.165) is 23.8 Å². The lowest BCUT2D eigenvalue weighted by Crippen LogP contribution is -2.23. The zero-order valence-corrected chi connectivity index (χ0v) is 16.1. The summed E-state index contributed by atoms with van der Waals surface area (Å²) in [6.45, 7) is 4.55. The minimum absolute atomic E-state index is 0.0613. The van der Waals surface area contributed by atoms with Crippen molar-refractivity contribution in [1.29, 1.82) is 0 Å². The Labute approximate surface area is 163 Å². The molecule has 28 heavy (non-hydrogen) atoms. The van der Waals surface area contributed by atoms with Crippen molar-refractivity contribution in [2.75, 3.05) is 10.6 Å². The van der Waals surface area contributed by atoms with Gasteiger partial charge in [0.25, 0.3) is 5.56 Å². The van der Waals surface area contributed by atoms with E-state index in [-0.39, 0.29) is 17.7 Å². The molecule has 3 aromatic heterocycles. The lowest BCUT2D eigenvalue weighted by atomic mass is 10.1. The van der Waals surface area contributed by atoms with Gasteiger partial charge in [0.2, 0.25) is 0 Å². The Morgan fingerprint density at radius 1 is 1.25 bits per heavy atom. The van der Waals surface area contributed by atoms with Crippen LogP contribution in [0.25, 0.3) is 10.8 Å². The van der Waals surface area contributed by atoms with Gasteiger partial charge < -0.3 is 20.3 Å². The van der Waals surface area contributed by atoms with E-state index in [1.807, 2.05) is 44.3 Å². The molecule has 1 fully saturated rings. The van der Waals surface area contributed by atoms with Crippen LogP contribution >= 0.6 is 0 Å². The van der Waals surface area contributed by atoms with Crippen molar-refractivity contribution in [3.8, 4) is 0 Å². The molecule has 0 radical (unpaired) electrons. The largest absolute Gasteiger partial charge is 0.393 e. The van der Waals surface area contributed by atoms with Crippen LogP contribution in [0.2, 0.25) is 0 Å². The Morgan fingerprint density at radius 3 is 2.82 bits per heavy atom. The molecule has 7 nitrogen and oxygen atoms in total. The molecule has 1 aliphatic carbocycles. The summed E-state index contributed by atoms with van der Waals surface area (Å²) in [5, 5.41) is 17.9. The molecule has 7 heteroatoms. The molecule has 2 unspecified atom stereocenters. The van der Waals surface area contributed by atoms with E-state index in [2.05, 4.69) is 15.6 Å². The van der Waals surface area contributed by atoms with Crippen LogP contribution in [-0.4, -0.2) is 31.8 Å². The molecule has 0 aromatic carbocycles. The molecule has 0 spiro atoms. The third kappa shape index (κ3) is 3.71. The lowest BCUT2D eigenvalue weighted by molar-refractivity contribution is 0.182. The van der Waals surface area contributed by atoms with Gasteiger partial charge in [0.15, 0.2) is 0 Å². The van der Waals surface area contributed by atoms with Crippen molar-refractivity contribution < 1.29 is 5.11 Å². The van der Waals surface area contributed by atoms with E-state index in [9.17, 15) is 9.90 Å². The fourth-order valence-corrected chi connectivity index (χ4v) is 3.74. The fraction of sp³-hybridized carbons (Fsp3) is 0.381. The first-order valence-corrected chi connectivity index (χ1v) is 9.72. The van der Waals surface area contributed by atoms with Crippen molar-refractivity contribution in [2.24, 2.45) is 0 Å². The van der Waals surface area contributed by atoms with Crippen LogP contribution < -0.4 is 16.2 Å². The molecule has 3 heterocycles. The average Bonchev–Trinajstić information content (AvgIpc) is 3.06. The van der Waals surface area contributed by atoms with Crippen molar-refractivity contribution in [2.45, 2.75) is 51.8 Å². The molecule has 0 bridgehead atoms. The smallest absolute Gasteiger partial charge is 0.262 e. The first-order valence-electron chi connectivity index (χ1n) is 9.72. The van der Waals surface area contributed by atoms with Gasteiger partial charge in [-0.2, -0.15) is 0 Å². The number of aliphatic hydroxyl groups is 1. The van der Waals surface area contributed by atoms with Gasteiger partial charge in [0.1, 0.15) is 17.5 Å². The highest BCUT2D eigenvalue weighted by atomic mass is 16.3. The molecule has 3 N–H and O–H groups in total. The summed E-state index contributed by atoms with van der Waals surface area (Å²) in [5.74, 6) is 1.89. The van der Waals surface area contributed by atoms with E-state index in [1.165, 1.54) is 0 Å². The number of aryl methyl sites for hydroxylation is 2. The summed E-state index contributed by atoms with van der Waals surface area (Å²) < 4.78 is 1.67. The number of rotatable bonds is 5. The second-order valence-electron chi connectivity index (χ2n) is 7.38. The number of anilines is 3. The van der Waals surface area contributed by atoms with E-state index in [4.69, 9.17) is 4.98 Å². The first kappa shape index (κ1) is 18.4. The van der Waals surface area contributed by atoms with Gasteiger partial charge in [-0.3, -0.25) is 4.79 Å². The number of aromatic nitrogens is 3. The molecule has 0 aliphatic heterocycles. The molecule has 1 aliphatic rings. The van der Waals surface area contributed by atoms with Crippen molar-refractivity contribution in [3.05, 3.63) is 52.6 Å². The standard InChI is InChI=1S/C21H25N5O2/c1-3-26-9-7-14-11-18(24-17-10-13(2)6-8-22-17)25-20(19(14)21(26)28)23-15-4-5-16(27)12-15/h6-11,15-16,27H,3-5,12H2,1-2H3,(H2,22,23,24,25). The summed E-state index contributed by atoms with van der Waals surface area (Å²) in [5.41, 5.74) is 1.04. The summed E-state index contributed by atoms with van der Waals surface area (Å²) in [6, 6.07) is 7.79. The molecule has 0 saturated heterocycles.